The van der Waals surface area contributed by atoms with Crippen LogP contribution < -0.4 is 9.47 Å². The Balaban J connectivity index is 1.96. The average Bonchev–Trinajstić information content (AvgIpc) is 3.09. The zero-order valence-electron chi connectivity index (χ0n) is 13.3. The number of aliphatic hydroxyl groups excluding tert-OH is 1. The van der Waals surface area contributed by atoms with Gasteiger partial charge in [0.1, 0.15) is 22.8 Å². The summed E-state index contributed by atoms with van der Waals surface area (Å²) in [6.45, 7) is 0. The Hall–Kier alpha value is -3.21. The van der Waals surface area contributed by atoms with Crippen LogP contribution in [0.2, 0.25) is 0 Å². The first-order valence-corrected chi connectivity index (χ1v) is 7.27. The van der Waals surface area contributed by atoms with E-state index in [1.807, 2.05) is 0 Å². The molecule has 0 unspecified atom stereocenters. The standard InChI is InChI=1S/C19H16O5/c1-22-13-5-3-12(4-6-13)16(20)11-17(21)14-7-8-18-15(9-10-24-18)19(14)23-2/h3-11,20H,1-2H3/b16-11-. The van der Waals surface area contributed by atoms with Crippen molar-refractivity contribution in [2.75, 3.05) is 14.2 Å². The number of hydrogen-bond acceptors (Lipinski definition) is 5. The lowest BCUT2D eigenvalue weighted by atomic mass is 10.0. The van der Waals surface area contributed by atoms with Crippen LogP contribution in [-0.4, -0.2) is 25.1 Å². The molecule has 0 fully saturated rings. The molecule has 1 heterocycles. The third kappa shape index (κ3) is 2.84. The quantitative estimate of drug-likeness (QED) is 0.432. The van der Waals surface area contributed by atoms with E-state index in [9.17, 15) is 9.90 Å². The van der Waals surface area contributed by atoms with Gasteiger partial charge in [0.25, 0.3) is 0 Å². The Bertz CT molecular complexity index is 903. The Morgan fingerprint density at radius 2 is 1.79 bits per heavy atom. The number of rotatable bonds is 5. The first kappa shape index (κ1) is 15.7. The molecule has 1 aromatic heterocycles. The van der Waals surface area contributed by atoms with Crippen molar-refractivity contribution in [2.45, 2.75) is 0 Å². The van der Waals surface area contributed by atoms with Crippen molar-refractivity contribution in [1.29, 1.82) is 0 Å². The highest BCUT2D eigenvalue weighted by atomic mass is 16.5. The van der Waals surface area contributed by atoms with Gasteiger partial charge in [-0.3, -0.25) is 4.79 Å². The minimum atomic E-state index is -0.358. The van der Waals surface area contributed by atoms with Crippen LogP contribution in [0.5, 0.6) is 11.5 Å². The second-order valence-electron chi connectivity index (χ2n) is 5.10. The Morgan fingerprint density at radius 3 is 2.46 bits per heavy atom. The van der Waals surface area contributed by atoms with E-state index in [0.717, 1.165) is 0 Å². The minimum Gasteiger partial charge on any atom is -0.507 e. The number of allylic oxidation sites excluding steroid dienone is 1. The highest BCUT2D eigenvalue weighted by Gasteiger charge is 2.16. The molecule has 122 valence electrons. The summed E-state index contributed by atoms with van der Waals surface area (Å²) in [5.74, 6) is 0.607. The first-order chi connectivity index (χ1) is 11.6. The Morgan fingerprint density at radius 1 is 1.04 bits per heavy atom. The third-order valence-corrected chi connectivity index (χ3v) is 3.71. The molecule has 3 rings (SSSR count). The maximum atomic E-state index is 12.5. The van der Waals surface area contributed by atoms with Gasteiger partial charge in [-0.1, -0.05) is 0 Å². The molecule has 0 aliphatic carbocycles. The number of methoxy groups -OCH3 is 2. The summed E-state index contributed by atoms with van der Waals surface area (Å²) in [5.41, 5.74) is 1.51. The molecule has 0 atom stereocenters. The van der Waals surface area contributed by atoms with Gasteiger partial charge in [0.15, 0.2) is 5.78 Å². The van der Waals surface area contributed by atoms with Crippen molar-refractivity contribution in [2.24, 2.45) is 0 Å². The zero-order valence-corrected chi connectivity index (χ0v) is 13.3. The lowest BCUT2D eigenvalue weighted by Gasteiger charge is -2.07. The van der Waals surface area contributed by atoms with Gasteiger partial charge in [0, 0.05) is 11.6 Å². The van der Waals surface area contributed by atoms with E-state index in [4.69, 9.17) is 13.9 Å². The first-order valence-electron chi connectivity index (χ1n) is 7.27. The molecule has 2 aromatic carbocycles. The van der Waals surface area contributed by atoms with E-state index in [1.54, 1.807) is 49.6 Å². The van der Waals surface area contributed by atoms with Gasteiger partial charge in [-0.25, -0.2) is 0 Å². The maximum absolute atomic E-state index is 12.5. The maximum Gasteiger partial charge on any atom is 0.193 e. The number of furan rings is 1. The molecule has 0 amide bonds. The number of ether oxygens (including phenoxy) is 2. The van der Waals surface area contributed by atoms with Gasteiger partial charge < -0.3 is 19.0 Å². The molecule has 0 aliphatic rings. The molecule has 5 heteroatoms. The molecule has 24 heavy (non-hydrogen) atoms. The van der Waals surface area contributed by atoms with E-state index < -0.39 is 0 Å². The van der Waals surface area contributed by atoms with E-state index in [-0.39, 0.29) is 11.5 Å². The van der Waals surface area contributed by atoms with Crippen LogP contribution in [0.1, 0.15) is 15.9 Å². The highest BCUT2D eigenvalue weighted by molar-refractivity contribution is 6.12. The zero-order chi connectivity index (χ0) is 17.1. The molecule has 0 saturated carbocycles. The summed E-state index contributed by atoms with van der Waals surface area (Å²) in [6, 6.07) is 11.8. The van der Waals surface area contributed by atoms with E-state index in [2.05, 4.69) is 0 Å². The van der Waals surface area contributed by atoms with Crippen molar-refractivity contribution in [3.05, 3.63) is 65.9 Å². The van der Waals surface area contributed by atoms with Gasteiger partial charge in [-0.05, 0) is 42.5 Å². The Kier molecular flexibility index (Phi) is 4.24. The van der Waals surface area contributed by atoms with Crippen molar-refractivity contribution < 1.29 is 23.8 Å². The summed E-state index contributed by atoms with van der Waals surface area (Å²) < 4.78 is 15.7. The predicted octanol–water partition coefficient (Wildman–Crippen LogP) is 4.23. The van der Waals surface area contributed by atoms with Gasteiger partial charge in [0.2, 0.25) is 0 Å². The molecular formula is C19H16O5. The Labute approximate surface area is 138 Å². The second kappa shape index (κ2) is 6.50. The summed E-state index contributed by atoms with van der Waals surface area (Å²) >= 11 is 0. The predicted molar refractivity (Wildman–Crippen MR) is 90.7 cm³/mol. The SMILES string of the molecule is COc1ccc(/C(O)=C/C(=O)c2ccc3occc3c2OC)cc1. The minimum absolute atomic E-state index is 0.128. The largest absolute Gasteiger partial charge is 0.507 e. The molecule has 1 N–H and O–H groups in total. The lowest BCUT2D eigenvalue weighted by molar-refractivity contribution is 0.104. The molecule has 5 nitrogen and oxygen atoms in total. The van der Waals surface area contributed by atoms with E-state index >= 15 is 0 Å². The number of carbonyl (C=O) groups excluding carboxylic acids is 1. The van der Waals surface area contributed by atoms with Crippen LogP contribution in [0.4, 0.5) is 0 Å². The smallest absolute Gasteiger partial charge is 0.193 e. The number of aliphatic hydroxyl groups is 1. The van der Waals surface area contributed by atoms with Crippen LogP contribution in [-0.2, 0) is 0 Å². The number of fused-ring (bicyclic) bond motifs is 1. The fraction of sp³-hybridized carbons (Fsp3) is 0.105. The molecular weight excluding hydrogens is 308 g/mol. The number of hydrogen-bond donors (Lipinski definition) is 1. The van der Waals surface area contributed by atoms with Gasteiger partial charge >= 0.3 is 0 Å². The van der Waals surface area contributed by atoms with Crippen LogP contribution in [0.25, 0.3) is 16.7 Å². The monoisotopic (exact) mass is 324 g/mol. The van der Waals surface area contributed by atoms with Crippen LogP contribution in [0.3, 0.4) is 0 Å². The van der Waals surface area contributed by atoms with Gasteiger partial charge in [-0.2, -0.15) is 0 Å². The van der Waals surface area contributed by atoms with Crippen LogP contribution in [0.15, 0.2) is 59.2 Å². The summed E-state index contributed by atoms with van der Waals surface area (Å²) in [7, 11) is 3.05. The molecule has 0 saturated heterocycles. The molecule has 0 bridgehead atoms. The van der Waals surface area contributed by atoms with Crippen LogP contribution in [0, 0.1) is 0 Å². The molecule has 0 aliphatic heterocycles. The van der Waals surface area contributed by atoms with Crippen molar-refractivity contribution in [1.82, 2.24) is 0 Å². The number of benzene rings is 2. The number of carbonyl (C=O) groups is 1. The molecule has 0 radical (unpaired) electrons. The average molecular weight is 324 g/mol. The molecule has 3 aromatic rings. The van der Waals surface area contributed by atoms with Crippen LogP contribution >= 0.6 is 0 Å². The topological polar surface area (TPSA) is 68.9 Å². The number of ketones is 1. The molecule has 0 spiro atoms. The van der Waals surface area contributed by atoms with E-state index in [0.29, 0.717) is 33.6 Å². The van der Waals surface area contributed by atoms with Crippen molar-refractivity contribution in [3.8, 4) is 11.5 Å². The van der Waals surface area contributed by atoms with E-state index in [1.165, 1.54) is 19.4 Å². The van der Waals surface area contributed by atoms with Gasteiger partial charge in [-0.15, -0.1) is 0 Å². The van der Waals surface area contributed by atoms with Crippen molar-refractivity contribution >= 4 is 22.5 Å². The fourth-order valence-corrected chi connectivity index (χ4v) is 2.48. The fourth-order valence-electron chi connectivity index (χ4n) is 2.48. The lowest BCUT2D eigenvalue weighted by Crippen LogP contribution is -2.00. The summed E-state index contributed by atoms with van der Waals surface area (Å²) in [6.07, 6.45) is 2.71. The second-order valence-corrected chi connectivity index (χ2v) is 5.10. The van der Waals surface area contributed by atoms with Gasteiger partial charge in [0.05, 0.1) is 31.4 Å². The summed E-state index contributed by atoms with van der Waals surface area (Å²) in [5, 5.41) is 10.9. The highest BCUT2D eigenvalue weighted by Crippen LogP contribution is 2.31. The third-order valence-electron chi connectivity index (χ3n) is 3.71. The van der Waals surface area contributed by atoms with Crippen molar-refractivity contribution in [3.63, 3.8) is 0 Å². The normalized spacial score (nSPS) is 11.5. The summed E-state index contributed by atoms with van der Waals surface area (Å²) in [4.78, 5) is 12.5.